The van der Waals surface area contributed by atoms with Gasteiger partial charge in [-0.1, -0.05) is 73.7 Å². The fraction of sp³-hybridized carbons (Fsp3) is 0.174. The van der Waals surface area contributed by atoms with Crippen molar-refractivity contribution in [3.63, 3.8) is 0 Å². The number of benzene rings is 3. The predicted molar refractivity (Wildman–Crippen MR) is 115 cm³/mol. The van der Waals surface area contributed by atoms with Gasteiger partial charge in [-0.05, 0) is 36.2 Å². The number of nitrogens with zero attached hydrogens (tertiary/aromatic N) is 1. The second-order valence-electron chi connectivity index (χ2n) is 6.60. The monoisotopic (exact) mass is 408 g/mol. The molecule has 3 aromatic carbocycles. The van der Waals surface area contributed by atoms with Gasteiger partial charge in [0.25, 0.3) is 10.0 Å². The maximum absolute atomic E-state index is 13.2. The lowest BCUT2D eigenvalue weighted by molar-refractivity contribution is -0.120. The van der Waals surface area contributed by atoms with E-state index in [9.17, 15) is 13.2 Å². The third-order valence-electron chi connectivity index (χ3n) is 4.61. The highest BCUT2D eigenvalue weighted by atomic mass is 32.2. The van der Waals surface area contributed by atoms with E-state index in [4.69, 9.17) is 0 Å². The summed E-state index contributed by atoms with van der Waals surface area (Å²) in [7, 11) is -3.88. The van der Waals surface area contributed by atoms with Gasteiger partial charge in [0.15, 0.2) is 0 Å². The zero-order chi connectivity index (χ0) is 20.7. The van der Waals surface area contributed by atoms with Crippen molar-refractivity contribution in [2.75, 3.05) is 10.8 Å². The molecule has 0 aromatic heterocycles. The normalized spacial score (nSPS) is 12.2. The van der Waals surface area contributed by atoms with Gasteiger partial charge in [0.1, 0.15) is 6.54 Å². The Morgan fingerprint density at radius 2 is 1.38 bits per heavy atom. The molecule has 0 aliphatic rings. The number of sulfonamides is 1. The van der Waals surface area contributed by atoms with E-state index in [1.54, 1.807) is 48.5 Å². The number of amides is 1. The third kappa shape index (κ3) is 5.03. The topological polar surface area (TPSA) is 66.5 Å². The molecule has 150 valence electrons. The summed E-state index contributed by atoms with van der Waals surface area (Å²) in [5.41, 5.74) is 1.43. The summed E-state index contributed by atoms with van der Waals surface area (Å²) < 4.78 is 27.6. The zero-order valence-electron chi connectivity index (χ0n) is 16.2. The molecular weight excluding hydrogens is 384 g/mol. The number of hydrogen-bond acceptors (Lipinski definition) is 3. The number of carbonyl (C=O) groups excluding carboxylic acids is 1. The smallest absolute Gasteiger partial charge is 0.264 e. The van der Waals surface area contributed by atoms with Crippen LogP contribution in [0.25, 0.3) is 0 Å². The molecule has 1 amide bonds. The summed E-state index contributed by atoms with van der Waals surface area (Å²) in [6.45, 7) is 1.68. The van der Waals surface area contributed by atoms with Gasteiger partial charge in [-0.2, -0.15) is 0 Å². The summed E-state index contributed by atoms with van der Waals surface area (Å²) in [4.78, 5) is 13.0. The van der Waals surface area contributed by atoms with E-state index in [0.717, 1.165) is 9.87 Å². The largest absolute Gasteiger partial charge is 0.348 e. The van der Waals surface area contributed by atoms with Gasteiger partial charge in [-0.15, -0.1) is 0 Å². The fourth-order valence-corrected chi connectivity index (χ4v) is 4.55. The number of nitrogens with one attached hydrogen (secondary N) is 1. The Morgan fingerprint density at radius 1 is 0.862 bits per heavy atom. The first-order valence-corrected chi connectivity index (χ1v) is 10.9. The van der Waals surface area contributed by atoms with Gasteiger partial charge < -0.3 is 5.32 Å². The lowest BCUT2D eigenvalue weighted by Crippen LogP contribution is -2.42. The molecule has 0 spiro atoms. The minimum absolute atomic E-state index is 0.145. The predicted octanol–water partition coefficient (Wildman–Crippen LogP) is 4.15. The van der Waals surface area contributed by atoms with E-state index in [2.05, 4.69) is 5.32 Å². The molecule has 0 aliphatic carbocycles. The van der Waals surface area contributed by atoms with Crippen molar-refractivity contribution in [3.05, 3.63) is 96.6 Å². The lowest BCUT2D eigenvalue weighted by Gasteiger charge is -2.25. The minimum atomic E-state index is -3.88. The average Bonchev–Trinajstić information content (AvgIpc) is 2.77. The summed E-state index contributed by atoms with van der Waals surface area (Å²) in [5, 5.41) is 2.96. The van der Waals surface area contributed by atoms with Gasteiger partial charge >= 0.3 is 0 Å². The van der Waals surface area contributed by atoms with Crippen molar-refractivity contribution < 1.29 is 13.2 Å². The first-order chi connectivity index (χ1) is 14.0. The van der Waals surface area contributed by atoms with Gasteiger partial charge in [0.2, 0.25) is 5.91 Å². The summed E-state index contributed by atoms with van der Waals surface area (Å²) >= 11 is 0. The van der Waals surface area contributed by atoms with Crippen molar-refractivity contribution in [2.24, 2.45) is 0 Å². The third-order valence-corrected chi connectivity index (χ3v) is 6.40. The molecule has 6 heteroatoms. The van der Waals surface area contributed by atoms with Crippen LogP contribution in [0.3, 0.4) is 0 Å². The molecule has 0 heterocycles. The van der Waals surface area contributed by atoms with Crippen LogP contribution in [0.5, 0.6) is 0 Å². The molecular formula is C23H24N2O3S. The molecule has 0 aliphatic heterocycles. The van der Waals surface area contributed by atoms with Crippen LogP contribution in [0.15, 0.2) is 95.9 Å². The highest BCUT2D eigenvalue weighted by Gasteiger charge is 2.27. The Bertz CT molecular complexity index is 1020. The van der Waals surface area contributed by atoms with E-state index in [-0.39, 0.29) is 23.4 Å². The molecule has 0 bridgehead atoms. The van der Waals surface area contributed by atoms with E-state index < -0.39 is 10.0 Å². The molecule has 29 heavy (non-hydrogen) atoms. The van der Waals surface area contributed by atoms with Gasteiger partial charge in [0.05, 0.1) is 16.6 Å². The lowest BCUT2D eigenvalue weighted by atomic mass is 10.0. The van der Waals surface area contributed by atoms with Crippen LogP contribution in [0.1, 0.15) is 24.9 Å². The summed E-state index contributed by atoms with van der Waals surface area (Å²) in [6.07, 6.45) is 0.701. The van der Waals surface area contributed by atoms with E-state index >= 15 is 0 Å². The molecule has 5 nitrogen and oxygen atoms in total. The van der Waals surface area contributed by atoms with Crippen LogP contribution >= 0.6 is 0 Å². The quantitative estimate of drug-likeness (QED) is 0.609. The van der Waals surface area contributed by atoms with Crippen LogP contribution in [0.2, 0.25) is 0 Å². The number of carbonyl (C=O) groups is 1. The molecule has 0 saturated carbocycles. The number of rotatable bonds is 8. The second kappa shape index (κ2) is 9.39. The van der Waals surface area contributed by atoms with Crippen LogP contribution in [0, 0.1) is 0 Å². The standard InChI is InChI=1S/C23H24N2O3S/c1-2-22(19-12-6-3-7-13-19)24-23(26)18-25(20-14-8-4-9-15-20)29(27,28)21-16-10-5-11-17-21/h3-17,22H,2,18H2,1H3,(H,24,26)/t22-/m0/s1. The molecule has 0 radical (unpaired) electrons. The molecule has 1 N–H and O–H groups in total. The van der Waals surface area contributed by atoms with Crippen molar-refractivity contribution >= 4 is 21.6 Å². The van der Waals surface area contributed by atoms with Crippen molar-refractivity contribution in [1.29, 1.82) is 0 Å². The van der Waals surface area contributed by atoms with Crippen molar-refractivity contribution in [1.82, 2.24) is 5.32 Å². The Morgan fingerprint density at radius 3 is 1.93 bits per heavy atom. The Hall–Kier alpha value is -3.12. The van der Waals surface area contributed by atoms with Crippen LogP contribution in [-0.4, -0.2) is 20.9 Å². The number of anilines is 1. The van der Waals surface area contributed by atoms with Gasteiger partial charge in [-0.3, -0.25) is 9.10 Å². The number of para-hydroxylation sites is 1. The Balaban J connectivity index is 1.87. The second-order valence-corrected chi connectivity index (χ2v) is 8.46. The first kappa shape index (κ1) is 20.6. The highest BCUT2D eigenvalue weighted by molar-refractivity contribution is 7.92. The maximum Gasteiger partial charge on any atom is 0.264 e. The minimum Gasteiger partial charge on any atom is -0.348 e. The van der Waals surface area contributed by atoms with Crippen molar-refractivity contribution in [2.45, 2.75) is 24.3 Å². The molecule has 0 fully saturated rings. The highest BCUT2D eigenvalue weighted by Crippen LogP contribution is 2.23. The SMILES string of the molecule is CC[C@H](NC(=O)CN(c1ccccc1)S(=O)(=O)c1ccccc1)c1ccccc1. The summed E-state index contributed by atoms with van der Waals surface area (Å²) in [6, 6.07) is 26.3. The van der Waals surface area contributed by atoms with Crippen LogP contribution in [0.4, 0.5) is 5.69 Å². The first-order valence-electron chi connectivity index (χ1n) is 9.49. The fourth-order valence-electron chi connectivity index (χ4n) is 3.11. The molecule has 3 aromatic rings. The van der Waals surface area contributed by atoms with E-state index in [0.29, 0.717) is 12.1 Å². The van der Waals surface area contributed by atoms with Gasteiger partial charge in [0, 0.05) is 0 Å². The summed E-state index contributed by atoms with van der Waals surface area (Å²) in [5.74, 6) is -0.357. The van der Waals surface area contributed by atoms with E-state index in [1.807, 2.05) is 37.3 Å². The van der Waals surface area contributed by atoms with Crippen molar-refractivity contribution in [3.8, 4) is 0 Å². The van der Waals surface area contributed by atoms with Crippen LogP contribution in [-0.2, 0) is 14.8 Å². The number of hydrogen-bond donors (Lipinski definition) is 1. The average molecular weight is 409 g/mol. The molecule has 1 atom stereocenters. The maximum atomic E-state index is 13.2. The molecule has 0 saturated heterocycles. The van der Waals surface area contributed by atoms with E-state index in [1.165, 1.54) is 12.1 Å². The zero-order valence-corrected chi connectivity index (χ0v) is 17.0. The van der Waals surface area contributed by atoms with Gasteiger partial charge in [-0.25, -0.2) is 8.42 Å². The molecule has 3 rings (SSSR count). The Labute approximate surface area is 172 Å². The van der Waals surface area contributed by atoms with Crippen LogP contribution < -0.4 is 9.62 Å². The Kier molecular flexibility index (Phi) is 6.67. The molecule has 0 unspecified atom stereocenters.